The number of carbonyl (C=O) groups excluding carboxylic acids is 1. The Balaban J connectivity index is 2.66. The van der Waals surface area contributed by atoms with Crippen molar-refractivity contribution in [3.05, 3.63) is 30.3 Å². The van der Waals surface area contributed by atoms with Gasteiger partial charge in [0.25, 0.3) is 0 Å². The standard InChI is InChI=1S/C16H24O2/c1-5-13(4)11-15(12(2)3)16(17)18-14-9-7-6-8-10-14/h6-10,12-13,15H,5,11H2,1-4H3. The number of rotatable bonds is 6. The molecule has 0 saturated carbocycles. The minimum absolute atomic E-state index is 0.0137. The van der Waals surface area contributed by atoms with Gasteiger partial charge in [0.1, 0.15) is 5.75 Å². The lowest BCUT2D eigenvalue weighted by atomic mass is 9.86. The highest BCUT2D eigenvalue weighted by Gasteiger charge is 2.25. The lowest BCUT2D eigenvalue weighted by Gasteiger charge is -2.22. The van der Waals surface area contributed by atoms with Gasteiger partial charge in [-0.3, -0.25) is 4.79 Å². The van der Waals surface area contributed by atoms with Crippen LogP contribution in [0.3, 0.4) is 0 Å². The number of carbonyl (C=O) groups is 1. The van der Waals surface area contributed by atoms with Crippen molar-refractivity contribution in [2.24, 2.45) is 17.8 Å². The molecule has 2 unspecified atom stereocenters. The fraction of sp³-hybridized carbons (Fsp3) is 0.562. The van der Waals surface area contributed by atoms with E-state index in [4.69, 9.17) is 4.74 Å². The molecular formula is C16H24O2. The van der Waals surface area contributed by atoms with E-state index in [2.05, 4.69) is 27.7 Å². The van der Waals surface area contributed by atoms with Crippen LogP contribution in [0.5, 0.6) is 5.75 Å². The van der Waals surface area contributed by atoms with Gasteiger partial charge in [0.15, 0.2) is 0 Å². The summed E-state index contributed by atoms with van der Waals surface area (Å²) in [4.78, 5) is 12.2. The third-order valence-electron chi connectivity index (χ3n) is 3.42. The van der Waals surface area contributed by atoms with Crippen molar-refractivity contribution in [1.82, 2.24) is 0 Å². The Morgan fingerprint density at radius 1 is 1.17 bits per heavy atom. The molecule has 1 rings (SSSR count). The average Bonchev–Trinajstić information content (AvgIpc) is 2.36. The smallest absolute Gasteiger partial charge is 0.314 e. The summed E-state index contributed by atoms with van der Waals surface area (Å²) in [5.74, 6) is 1.39. The molecule has 1 aromatic carbocycles. The van der Waals surface area contributed by atoms with Crippen LogP contribution < -0.4 is 4.74 Å². The first kappa shape index (κ1) is 14.7. The zero-order valence-corrected chi connectivity index (χ0v) is 11.8. The Morgan fingerprint density at radius 3 is 2.28 bits per heavy atom. The van der Waals surface area contributed by atoms with Gasteiger partial charge in [-0.15, -0.1) is 0 Å². The van der Waals surface area contributed by atoms with Crippen molar-refractivity contribution < 1.29 is 9.53 Å². The summed E-state index contributed by atoms with van der Waals surface area (Å²) in [6.07, 6.45) is 2.00. The van der Waals surface area contributed by atoms with Gasteiger partial charge in [-0.2, -0.15) is 0 Å². The Kier molecular flexibility index (Phi) is 5.90. The minimum Gasteiger partial charge on any atom is -0.426 e. The summed E-state index contributed by atoms with van der Waals surface area (Å²) in [5.41, 5.74) is 0. The van der Waals surface area contributed by atoms with E-state index in [9.17, 15) is 4.79 Å². The highest BCUT2D eigenvalue weighted by molar-refractivity contribution is 5.75. The van der Waals surface area contributed by atoms with Gasteiger partial charge in [-0.25, -0.2) is 0 Å². The third-order valence-corrected chi connectivity index (χ3v) is 3.42. The van der Waals surface area contributed by atoms with Crippen LogP contribution in [0.1, 0.15) is 40.5 Å². The molecule has 0 bridgehead atoms. The second kappa shape index (κ2) is 7.20. The van der Waals surface area contributed by atoms with E-state index in [0.717, 1.165) is 12.8 Å². The first-order valence-corrected chi connectivity index (χ1v) is 6.81. The van der Waals surface area contributed by atoms with E-state index in [1.54, 1.807) is 0 Å². The minimum atomic E-state index is -0.100. The predicted molar refractivity (Wildman–Crippen MR) is 74.5 cm³/mol. The molecule has 1 aromatic rings. The number of para-hydroxylation sites is 1. The highest BCUT2D eigenvalue weighted by atomic mass is 16.5. The maximum Gasteiger partial charge on any atom is 0.314 e. The van der Waals surface area contributed by atoms with E-state index < -0.39 is 0 Å². The van der Waals surface area contributed by atoms with Crippen LogP contribution in [0.15, 0.2) is 30.3 Å². The molecule has 18 heavy (non-hydrogen) atoms. The Morgan fingerprint density at radius 2 is 1.78 bits per heavy atom. The van der Waals surface area contributed by atoms with Crippen LogP contribution in [0, 0.1) is 17.8 Å². The van der Waals surface area contributed by atoms with E-state index in [-0.39, 0.29) is 11.9 Å². The summed E-state index contributed by atoms with van der Waals surface area (Å²) in [5, 5.41) is 0. The molecule has 0 saturated heterocycles. The van der Waals surface area contributed by atoms with Gasteiger partial charge in [-0.1, -0.05) is 52.3 Å². The molecule has 2 heteroatoms. The number of hydrogen-bond donors (Lipinski definition) is 0. The van der Waals surface area contributed by atoms with Gasteiger partial charge >= 0.3 is 5.97 Å². The quantitative estimate of drug-likeness (QED) is 0.554. The van der Waals surface area contributed by atoms with Gasteiger partial charge < -0.3 is 4.74 Å². The monoisotopic (exact) mass is 248 g/mol. The van der Waals surface area contributed by atoms with Crippen molar-refractivity contribution in [1.29, 1.82) is 0 Å². The molecule has 0 aliphatic heterocycles. The van der Waals surface area contributed by atoms with Crippen molar-refractivity contribution in [2.45, 2.75) is 40.5 Å². The average molecular weight is 248 g/mol. The Labute approximate surface area is 110 Å². The number of esters is 1. The van der Waals surface area contributed by atoms with E-state index in [1.165, 1.54) is 0 Å². The van der Waals surface area contributed by atoms with Crippen molar-refractivity contribution in [2.75, 3.05) is 0 Å². The van der Waals surface area contributed by atoms with E-state index in [1.807, 2.05) is 30.3 Å². The zero-order valence-electron chi connectivity index (χ0n) is 11.8. The third kappa shape index (κ3) is 4.52. The largest absolute Gasteiger partial charge is 0.426 e. The van der Waals surface area contributed by atoms with Crippen LogP contribution in [0.2, 0.25) is 0 Å². The molecule has 0 aliphatic rings. The first-order valence-electron chi connectivity index (χ1n) is 6.81. The van der Waals surface area contributed by atoms with Crippen LogP contribution >= 0.6 is 0 Å². The van der Waals surface area contributed by atoms with Crippen LogP contribution in [-0.2, 0) is 4.79 Å². The van der Waals surface area contributed by atoms with Gasteiger partial charge in [-0.05, 0) is 30.4 Å². The molecule has 0 fully saturated rings. The molecular weight excluding hydrogens is 224 g/mol. The molecule has 2 atom stereocenters. The van der Waals surface area contributed by atoms with Crippen LogP contribution in [0.25, 0.3) is 0 Å². The summed E-state index contributed by atoms with van der Waals surface area (Å²) in [6.45, 7) is 8.51. The fourth-order valence-electron chi connectivity index (χ4n) is 1.92. The molecule has 2 nitrogen and oxygen atoms in total. The number of benzene rings is 1. The number of ether oxygens (including phenoxy) is 1. The van der Waals surface area contributed by atoms with Gasteiger partial charge in [0.2, 0.25) is 0 Å². The molecule has 0 N–H and O–H groups in total. The SMILES string of the molecule is CCC(C)CC(C(=O)Oc1ccccc1)C(C)C. The zero-order chi connectivity index (χ0) is 13.5. The molecule has 0 spiro atoms. The van der Waals surface area contributed by atoms with Crippen molar-refractivity contribution in [3.63, 3.8) is 0 Å². The summed E-state index contributed by atoms with van der Waals surface area (Å²) >= 11 is 0. The van der Waals surface area contributed by atoms with Crippen LogP contribution in [0.4, 0.5) is 0 Å². The van der Waals surface area contributed by atoms with Gasteiger partial charge in [0, 0.05) is 0 Å². The van der Waals surface area contributed by atoms with Gasteiger partial charge in [0.05, 0.1) is 5.92 Å². The maximum absolute atomic E-state index is 12.2. The molecule has 0 heterocycles. The Bertz CT molecular complexity index is 357. The lowest BCUT2D eigenvalue weighted by Crippen LogP contribution is -2.27. The Hall–Kier alpha value is -1.31. The molecule has 0 aliphatic carbocycles. The summed E-state index contributed by atoms with van der Waals surface area (Å²) < 4.78 is 5.44. The molecule has 0 radical (unpaired) electrons. The van der Waals surface area contributed by atoms with Crippen molar-refractivity contribution >= 4 is 5.97 Å². The van der Waals surface area contributed by atoms with Crippen LogP contribution in [-0.4, -0.2) is 5.97 Å². The first-order chi connectivity index (χ1) is 8.54. The van der Waals surface area contributed by atoms with E-state index in [0.29, 0.717) is 17.6 Å². The lowest BCUT2D eigenvalue weighted by molar-refractivity contribution is -0.141. The normalized spacial score (nSPS) is 14.3. The molecule has 100 valence electrons. The molecule has 0 aromatic heterocycles. The molecule has 0 amide bonds. The maximum atomic E-state index is 12.2. The van der Waals surface area contributed by atoms with E-state index >= 15 is 0 Å². The predicted octanol–water partition coefficient (Wildman–Crippen LogP) is 4.30. The topological polar surface area (TPSA) is 26.3 Å². The second-order valence-electron chi connectivity index (χ2n) is 5.33. The fourth-order valence-corrected chi connectivity index (χ4v) is 1.92. The highest BCUT2D eigenvalue weighted by Crippen LogP contribution is 2.24. The summed E-state index contributed by atoms with van der Waals surface area (Å²) in [6, 6.07) is 9.30. The van der Waals surface area contributed by atoms with Crippen molar-refractivity contribution in [3.8, 4) is 5.75 Å². The number of hydrogen-bond acceptors (Lipinski definition) is 2. The summed E-state index contributed by atoms with van der Waals surface area (Å²) in [7, 11) is 0. The second-order valence-corrected chi connectivity index (χ2v) is 5.33.